The van der Waals surface area contributed by atoms with E-state index >= 15 is 0 Å². The summed E-state index contributed by atoms with van der Waals surface area (Å²) in [5.41, 5.74) is 3.72. The number of carbonyl (C=O) groups excluding carboxylic acids is 1. The summed E-state index contributed by atoms with van der Waals surface area (Å²) in [6.45, 7) is 9.91. The third-order valence-corrected chi connectivity index (χ3v) is 8.62. The number of hydrogen-bond acceptors (Lipinski definition) is 7. The summed E-state index contributed by atoms with van der Waals surface area (Å²) in [6.07, 6.45) is -1.99. The average molecular weight is 595 g/mol. The molecule has 0 spiro atoms. The van der Waals surface area contributed by atoms with E-state index in [1.165, 1.54) is 0 Å². The van der Waals surface area contributed by atoms with E-state index in [-0.39, 0.29) is 29.1 Å². The molecule has 3 heterocycles. The van der Waals surface area contributed by atoms with Gasteiger partial charge in [-0.1, -0.05) is 27.7 Å². The minimum Gasteiger partial charge on any atom is -0.436 e. The summed E-state index contributed by atoms with van der Waals surface area (Å²) in [5.74, 6) is 0.898. The summed E-state index contributed by atoms with van der Waals surface area (Å²) in [7, 11) is 1.87. The number of fused-ring (bicyclic) bond motifs is 1. The van der Waals surface area contributed by atoms with E-state index in [2.05, 4.69) is 54.4 Å². The summed E-state index contributed by atoms with van der Waals surface area (Å²) >= 11 is 0. The van der Waals surface area contributed by atoms with Gasteiger partial charge >= 0.3 is 6.18 Å². The molecule has 1 aliphatic heterocycles. The molecule has 2 aromatic carbocycles. The van der Waals surface area contributed by atoms with Crippen molar-refractivity contribution in [1.29, 1.82) is 0 Å². The van der Waals surface area contributed by atoms with E-state index in [1.807, 2.05) is 25.2 Å². The quantitative estimate of drug-likeness (QED) is 0.224. The van der Waals surface area contributed by atoms with Crippen LogP contribution in [-0.2, 0) is 6.18 Å². The van der Waals surface area contributed by atoms with Gasteiger partial charge in [-0.2, -0.15) is 13.2 Å². The summed E-state index contributed by atoms with van der Waals surface area (Å²) in [6, 6.07) is 12.1. The maximum atomic E-state index is 13.2. The molecule has 0 radical (unpaired) electrons. The molecule has 43 heavy (non-hydrogen) atoms. The molecule has 5 rings (SSSR count). The number of nitrogens with zero attached hydrogens (tertiary/aromatic N) is 4. The molecule has 0 atom stereocenters. The Morgan fingerprint density at radius 2 is 1.74 bits per heavy atom. The topological polar surface area (TPSA) is 96.2 Å². The number of piperidine rings is 1. The Morgan fingerprint density at radius 1 is 1.05 bits per heavy atom. The number of anilines is 2. The lowest BCUT2D eigenvalue weighted by Gasteiger charge is -2.44. The first kappa shape index (κ1) is 30.3. The van der Waals surface area contributed by atoms with Crippen molar-refractivity contribution in [2.24, 2.45) is 11.3 Å². The van der Waals surface area contributed by atoms with E-state index < -0.39 is 11.9 Å². The predicted molar refractivity (Wildman–Crippen MR) is 161 cm³/mol. The Morgan fingerprint density at radius 3 is 2.35 bits per heavy atom. The van der Waals surface area contributed by atoms with E-state index in [0.717, 1.165) is 40.2 Å². The molecule has 1 aliphatic rings. The maximum absolute atomic E-state index is 13.2. The Labute approximate surface area is 249 Å². The third-order valence-electron chi connectivity index (χ3n) is 8.62. The molecule has 4 aromatic rings. The van der Waals surface area contributed by atoms with Crippen LogP contribution < -0.4 is 15.5 Å². The van der Waals surface area contributed by atoms with E-state index in [1.54, 1.807) is 17.0 Å². The Kier molecular flexibility index (Phi) is 8.36. The first-order chi connectivity index (χ1) is 20.4. The van der Waals surface area contributed by atoms with Crippen LogP contribution >= 0.6 is 0 Å². The van der Waals surface area contributed by atoms with Gasteiger partial charge in [-0.15, -0.1) is 0 Å². The van der Waals surface area contributed by atoms with Crippen molar-refractivity contribution in [3.63, 3.8) is 0 Å². The van der Waals surface area contributed by atoms with Gasteiger partial charge in [0.05, 0.1) is 0 Å². The molecule has 0 saturated carbocycles. The number of hydrogen-bond donors (Lipinski definition) is 2. The maximum Gasteiger partial charge on any atom is 0.433 e. The zero-order valence-electron chi connectivity index (χ0n) is 25.0. The van der Waals surface area contributed by atoms with Crippen LogP contribution in [0.25, 0.3) is 22.6 Å². The molecule has 1 fully saturated rings. The van der Waals surface area contributed by atoms with Gasteiger partial charge in [0.1, 0.15) is 11.2 Å². The molecule has 0 aliphatic carbocycles. The van der Waals surface area contributed by atoms with Gasteiger partial charge in [0.2, 0.25) is 11.8 Å². The van der Waals surface area contributed by atoms with Crippen LogP contribution in [-0.4, -0.2) is 47.5 Å². The Hall–Kier alpha value is -4.15. The first-order valence-corrected chi connectivity index (χ1v) is 14.6. The largest absolute Gasteiger partial charge is 0.436 e. The number of nitrogens with one attached hydrogen (secondary N) is 2. The second-order valence-corrected chi connectivity index (χ2v) is 11.8. The van der Waals surface area contributed by atoms with Crippen LogP contribution in [0.15, 0.2) is 53.1 Å². The molecular formula is C32H37F3N6O2. The normalized spacial score (nSPS) is 15.3. The van der Waals surface area contributed by atoms with Gasteiger partial charge in [-0.25, -0.2) is 15.0 Å². The third kappa shape index (κ3) is 6.30. The first-order valence-electron chi connectivity index (χ1n) is 14.6. The van der Waals surface area contributed by atoms with E-state index in [9.17, 15) is 18.0 Å². The Balaban J connectivity index is 1.25. The number of alkyl halides is 3. The monoisotopic (exact) mass is 594 g/mol. The summed E-state index contributed by atoms with van der Waals surface area (Å²) in [5, 5.41) is 6.28. The standard InChI is InChI=1S/C32H37F3N6O2/c1-19(2)24-16-23(36-5)17-25-27(24)43-29(39-25)22-8-6-21(7-9-22)28(42)38-18-31(20(3)4)11-14-41(15-12-31)30-37-13-10-26(40-30)32(33,34)35/h6-10,13,16-17,19-20,36H,11-12,14-15,18H2,1-5H3,(H,38,42). The summed E-state index contributed by atoms with van der Waals surface area (Å²) < 4.78 is 45.6. The number of halogens is 3. The molecule has 0 unspecified atom stereocenters. The number of rotatable bonds is 8. The second kappa shape index (κ2) is 11.9. The number of amides is 1. The fourth-order valence-corrected chi connectivity index (χ4v) is 5.65. The molecule has 2 N–H and O–H groups in total. The van der Waals surface area contributed by atoms with E-state index in [4.69, 9.17) is 9.40 Å². The van der Waals surface area contributed by atoms with Gasteiger partial charge in [-0.05, 0) is 72.6 Å². The molecule has 228 valence electrons. The SMILES string of the molecule is CNc1cc(C(C)C)c2oc(-c3ccc(C(=O)NCC4(C(C)C)CCN(c5nccc(C(F)(F)F)n5)CC4)cc3)nc2c1. The molecular weight excluding hydrogens is 557 g/mol. The van der Waals surface area contributed by atoms with Crippen molar-refractivity contribution in [2.45, 2.75) is 52.6 Å². The average Bonchev–Trinajstić information content (AvgIpc) is 3.43. The van der Waals surface area contributed by atoms with Crippen LogP contribution in [0.1, 0.15) is 68.1 Å². The van der Waals surface area contributed by atoms with Crippen molar-refractivity contribution in [3.05, 3.63) is 65.5 Å². The molecule has 11 heteroatoms. The highest BCUT2D eigenvalue weighted by atomic mass is 19.4. The highest BCUT2D eigenvalue weighted by Gasteiger charge is 2.39. The lowest BCUT2D eigenvalue weighted by molar-refractivity contribution is -0.141. The Bertz CT molecular complexity index is 1590. The minimum atomic E-state index is -4.52. The lowest BCUT2D eigenvalue weighted by atomic mass is 9.70. The van der Waals surface area contributed by atoms with Gasteiger partial charge in [0.15, 0.2) is 5.58 Å². The van der Waals surface area contributed by atoms with Crippen molar-refractivity contribution < 1.29 is 22.4 Å². The van der Waals surface area contributed by atoms with Crippen molar-refractivity contribution >= 4 is 28.6 Å². The second-order valence-electron chi connectivity index (χ2n) is 11.8. The number of benzene rings is 2. The van der Waals surface area contributed by atoms with Crippen LogP contribution in [0.3, 0.4) is 0 Å². The van der Waals surface area contributed by atoms with E-state index in [0.29, 0.717) is 43.9 Å². The number of carbonyl (C=O) groups is 1. The van der Waals surface area contributed by atoms with Crippen molar-refractivity contribution in [2.75, 3.05) is 36.9 Å². The number of aromatic nitrogens is 3. The zero-order chi connectivity index (χ0) is 30.9. The van der Waals surface area contributed by atoms with Crippen LogP contribution in [0.2, 0.25) is 0 Å². The van der Waals surface area contributed by atoms with Gasteiger partial charge in [0, 0.05) is 55.3 Å². The highest BCUT2D eigenvalue weighted by molar-refractivity contribution is 5.94. The van der Waals surface area contributed by atoms with Crippen LogP contribution in [0, 0.1) is 11.3 Å². The highest BCUT2D eigenvalue weighted by Crippen LogP contribution is 2.39. The van der Waals surface area contributed by atoms with Crippen molar-refractivity contribution in [3.8, 4) is 11.5 Å². The van der Waals surface area contributed by atoms with Gasteiger partial charge < -0.3 is 20.0 Å². The van der Waals surface area contributed by atoms with Crippen LogP contribution in [0.4, 0.5) is 24.8 Å². The fourth-order valence-electron chi connectivity index (χ4n) is 5.65. The number of oxazole rings is 1. The smallest absolute Gasteiger partial charge is 0.433 e. The van der Waals surface area contributed by atoms with Crippen molar-refractivity contribution in [1.82, 2.24) is 20.3 Å². The molecule has 0 bridgehead atoms. The predicted octanol–water partition coefficient (Wildman–Crippen LogP) is 7.14. The fraction of sp³-hybridized carbons (Fsp3) is 0.438. The molecule has 8 nitrogen and oxygen atoms in total. The molecule has 2 aromatic heterocycles. The van der Waals surface area contributed by atoms with Gasteiger partial charge in [-0.3, -0.25) is 4.79 Å². The zero-order valence-corrected chi connectivity index (χ0v) is 25.0. The lowest BCUT2D eigenvalue weighted by Crippen LogP contribution is -2.49. The van der Waals surface area contributed by atoms with Crippen LogP contribution in [0.5, 0.6) is 0 Å². The minimum absolute atomic E-state index is 0.0816. The molecule has 1 saturated heterocycles. The van der Waals surface area contributed by atoms with Gasteiger partial charge in [0.25, 0.3) is 5.91 Å². The summed E-state index contributed by atoms with van der Waals surface area (Å²) in [4.78, 5) is 27.5. The molecule has 1 amide bonds.